The molecule has 0 aromatic rings. The lowest BCUT2D eigenvalue weighted by molar-refractivity contribution is -0.143. The number of nitrogens with one attached hydrogen (secondary N) is 2. The number of hydrogen-bond acceptors (Lipinski definition) is 5. The van der Waals surface area contributed by atoms with E-state index in [1.807, 2.05) is 0 Å². The van der Waals surface area contributed by atoms with Gasteiger partial charge in [-0.1, -0.05) is 0 Å². The minimum atomic E-state index is -1.17. The molecule has 0 spiro atoms. The molecule has 8 nitrogen and oxygen atoms in total. The number of ether oxygens (including phenoxy) is 2. The van der Waals surface area contributed by atoms with E-state index in [9.17, 15) is 14.4 Å². The number of carbonyl (C=O) groups is 3. The molecular formula is C11H16N2O6. The van der Waals surface area contributed by atoms with E-state index in [-0.39, 0.29) is 18.2 Å². The van der Waals surface area contributed by atoms with Crippen molar-refractivity contribution in [2.75, 3.05) is 13.2 Å². The number of urea groups is 1. The highest BCUT2D eigenvalue weighted by Gasteiger charge is 2.41. The van der Waals surface area contributed by atoms with E-state index >= 15 is 0 Å². The molecule has 3 unspecified atom stereocenters. The molecule has 2 aliphatic rings. The second-order valence-electron chi connectivity index (χ2n) is 4.62. The van der Waals surface area contributed by atoms with Crippen LogP contribution >= 0.6 is 0 Å². The Hall–Kier alpha value is -1.67. The first-order valence-electron chi connectivity index (χ1n) is 6.10. The third-order valence-electron chi connectivity index (χ3n) is 3.13. The summed E-state index contributed by atoms with van der Waals surface area (Å²) in [6.45, 7) is -1.04. The van der Waals surface area contributed by atoms with Crippen LogP contribution < -0.4 is 10.6 Å². The first kappa shape index (κ1) is 13.8. The van der Waals surface area contributed by atoms with E-state index in [4.69, 9.17) is 9.84 Å². The van der Waals surface area contributed by atoms with Crippen LogP contribution in [0, 0.1) is 0 Å². The van der Waals surface area contributed by atoms with Crippen molar-refractivity contribution in [3.8, 4) is 0 Å². The maximum Gasteiger partial charge on any atom is 0.329 e. The van der Waals surface area contributed by atoms with Crippen LogP contribution in [0.4, 0.5) is 4.79 Å². The standard InChI is InChI=1S/C11H16N2O6/c14-9(4-18-5-10(15)16)13-11(17)12-7-3-6-1-2-8(7)19-6/h6-8H,1-5H2,(H,15,16)(H2,12,13,14,17). The fourth-order valence-corrected chi connectivity index (χ4v) is 2.39. The van der Waals surface area contributed by atoms with Crippen molar-refractivity contribution in [1.82, 2.24) is 10.6 Å². The van der Waals surface area contributed by atoms with Crippen molar-refractivity contribution in [1.29, 1.82) is 0 Å². The highest BCUT2D eigenvalue weighted by Crippen LogP contribution is 2.34. The van der Waals surface area contributed by atoms with Crippen molar-refractivity contribution < 1.29 is 29.0 Å². The van der Waals surface area contributed by atoms with Crippen LogP contribution in [0.15, 0.2) is 0 Å². The minimum Gasteiger partial charge on any atom is -0.480 e. The average molecular weight is 272 g/mol. The van der Waals surface area contributed by atoms with Gasteiger partial charge in [-0.3, -0.25) is 10.1 Å². The Morgan fingerprint density at radius 2 is 2.05 bits per heavy atom. The molecule has 106 valence electrons. The lowest BCUT2D eigenvalue weighted by Gasteiger charge is -2.19. The maximum atomic E-state index is 11.5. The van der Waals surface area contributed by atoms with E-state index in [0.29, 0.717) is 0 Å². The summed E-state index contributed by atoms with van der Waals surface area (Å²) in [5.41, 5.74) is 0. The van der Waals surface area contributed by atoms with Crippen molar-refractivity contribution in [2.45, 2.75) is 37.5 Å². The topological polar surface area (TPSA) is 114 Å². The Balaban J connectivity index is 1.64. The van der Waals surface area contributed by atoms with Gasteiger partial charge in [-0.25, -0.2) is 9.59 Å². The average Bonchev–Trinajstić information content (AvgIpc) is 2.89. The summed E-state index contributed by atoms with van der Waals surface area (Å²) in [5.74, 6) is -1.85. The van der Waals surface area contributed by atoms with Crippen LogP contribution in [0.25, 0.3) is 0 Å². The van der Waals surface area contributed by atoms with Crippen LogP contribution in [-0.4, -0.2) is 54.5 Å². The summed E-state index contributed by atoms with van der Waals surface area (Å²) in [7, 11) is 0. The van der Waals surface area contributed by atoms with E-state index in [0.717, 1.165) is 19.3 Å². The number of carboxylic acid groups (broad SMARTS) is 1. The molecule has 2 saturated heterocycles. The van der Waals surface area contributed by atoms with E-state index < -0.39 is 31.1 Å². The van der Waals surface area contributed by atoms with Crippen molar-refractivity contribution in [3.05, 3.63) is 0 Å². The molecular weight excluding hydrogens is 256 g/mol. The molecule has 0 aromatic heterocycles. The Labute approximate surface area is 109 Å². The lowest BCUT2D eigenvalue weighted by atomic mass is 9.96. The summed E-state index contributed by atoms with van der Waals surface area (Å²) in [4.78, 5) is 32.9. The first-order valence-corrected chi connectivity index (χ1v) is 6.10. The van der Waals surface area contributed by atoms with E-state index in [1.54, 1.807) is 0 Å². The van der Waals surface area contributed by atoms with Crippen molar-refractivity contribution in [3.63, 3.8) is 0 Å². The summed E-state index contributed by atoms with van der Waals surface area (Å²) in [6.07, 6.45) is 2.96. The Kier molecular flexibility index (Phi) is 4.33. The highest BCUT2D eigenvalue weighted by molar-refractivity contribution is 5.95. The fourth-order valence-electron chi connectivity index (χ4n) is 2.39. The largest absolute Gasteiger partial charge is 0.480 e. The first-order chi connectivity index (χ1) is 9.04. The molecule has 2 aliphatic heterocycles. The van der Waals surface area contributed by atoms with Gasteiger partial charge in [0, 0.05) is 0 Å². The number of rotatable bonds is 5. The summed E-state index contributed by atoms with van der Waals surface area (Å²) >= 11 is 0. The number of aliphatic carboxylic acids is 1. The van der Waals surface area contributed by atoms with Crippen LogP contribution in [0.5, 0.6) is 0 Å². The summed E-state index contributed by atoms with van der Waals surface area (Å²) in [5, 5.41) is 13.1. The number of imide groups is 1. The normalized spacial score (nSPS) is 28.1. The minimum absolute atomic E-state index is 0.0362. The zero-order valence-corrected chi connectivity index (χ0v) is 10.3. The third-order valence-corrected chi connectivity index (χ3v) is 3.13. The van der Waals surface area contributed by atoms with Gasteiger partial charge in [-0.2, -0.15) is 0 Å². The molecule has 0 aliphatic carbocycles. The number of carbonyl (C=O) groups excluding carboxylic acids is 2. The molecule has 2 heterocycles. The number of carboxylic acids is 1. The summed E-state index contributed by atoms with van der Waals surface area (Å²) in [6, 6.07) is -0.670. The van der Waals surface area contributed by atoms with Crippen LogP contribution in [0.1, 0.15) is 19.3 Å². The quantitative estimate of drug-likeness (QED) is 0.605. The SMILES string of the molecule is O=C(O)COCC(=O)NC(=O)NC1CC2CCC1O2. The second-order valence-corrected chi connectivity index (χ2v) is 4.62. The van der Waals surface area contributed by atoms with Gasteiger partial charge < -0.3 is 19.9 Å². The van der Waals surface area contributed by atoms with Gasteiger partial charge in [0.05, 0.1) is 18.2 Å². The molecule has 3 N–H and O–H groups in total. The van der Waals surface area contributed by atoms with Gasteiger partial charge in [-0.05, 0) is 19.3 Å². The van der Waals surface area contributed by atoms with Gasteiger partial charge in [0.1, 0.15) is 13.2 Å². The predicted octanol–water partition coefficient (Wildman–Crippen LogP) is -0.767. The molecule has 0 saturated carbocycles. The Morgan fingerprint density at radius 3 is 2.63 bits per heavy atom. The second kappa shape index (κ2) is 5.98. The van der Waals surface area contributed by atoms with Crippen molar-refractivity contribution in [2.24, 2.45) is 0 Å². The highest BCUT2D eigenvalue weighted by atomic mass is 16.5. The van der Waals surface area contributed by atoms with Crippen LogP contribution in [-0.2, 0) is 19.1 Å². The molecule has 0 radical (unpaired) electrons. The predicted molar refractivity (Wildman–Crippen MR) is 61.4 cm³/mol. The summed E-state index contributed by atoms with van der Waals surface area (Å²) < 4.78 is 10.1. The number of hydrogen-bond donors (Lipinski definition) is 3. The Morgan fingerprint density at radius 1 is 1.26 bits per heavy atom. The molecule has 19 heavy (non-hydrogen) atoms. The fraction of sp³-hybridized carbons (Fsp3) is 0.727. The molecule has 2 rings (SSSR count). The third kappa shape index (κ3) is 3.90. The van der Waals surface area contributed by atoms with Crippen LogP contribution in [0.3, 0.4) is 0 Å². The van der Waals surface area contributed by atoms with Gasteiger partial charge in [0.25, 0.3) is 5.91 Å². The zero-order chi connectivity index (χ0) is 13.8. The zero-order valence-electron chi connectivity index (χ0n) is 10.3. The Bertz CT molecular complexity index is 385. The van der Waals surface area contributed by atoms with Crippen molar-refractivity contribution >= 4 is 17.9 Å². The van der Waals surface area contributed by atoms with Gasteiger partial charge in [-0.15, -0.1) is 0 Å². The van der Waals surface area contributed by atoms with E-state index in [1.165, 1.54) is 0 Å². The monoisotopic (exact) mass is 272 g/mol. The molecule has 3 atom stereocenters. The molecule has 3 amide bonds. The smallest absolute Gasteiger partial charge is 0.329 e. The van der Waals surface area contributed by atoms with Gasteiger partial charge in [0.2, 0.25) is 0 Å². The number of fused-ring (bicyclic) bond motifs is 2. The van der Waals surface area contributed by atoms with Crippen LogP contribution in [0.2, 0.25) is 0 Å². The molecule has 0 aromatic carbocycles. The molecule has 2 fully saturated rings. The maximum absolute atomic E-state index is 11.5. The van der Waals surface area contributed by atoms with Gasteiger partial charge >= 0.3 is 12.0 Å². The van der Waals surface area contributed by atoms with Gasteiger partial charge in [0.15, 0.2) is 0 Å². The molecule has 2 bridgehead atoms. The number of amides is 3. The van der Waals surface area contributed by atoms with E-state index in [2.05, 4.69) is 15.4 Å². The molecule has 8 heteroatoms. The lowest BCUT2D eigenvalue weighted by Crippen LogP contribution is -2.48.